The van der Waals surface area contributed by atoms with E-state index in [-0.39, 0.29) is 11.9 Å². The summed E-state index contributed by atoms with van der Waals surface area (Å²) in [6.07, 6.45) is 1.28. The predicted octanol–water partition coefficient (Wildman–Crippen LogP) is 5.84. The van der Waals surface area contributed by atoms with Crippen molar-refractivity contribution in [2.24, 2.45) is 0 Å². The van der Waals surface area contributed by atoms with Gasteiger partial charge in [-0.3, -0.25) is 4.79 Å². The third kappa shape index (κ3) is 7.35. The van der Waals surface area contributed by atoms with Gasteiger partial charge in [-0.15, -0.1) is 11.8 Å². The van der Waals surface area contributed by atoms with Gasteiger partial charge in [-0.05, 0) is 60.7 Å². The van der Waals surface area contributed by atoms with E-state index in [0.29, 0.717) is 17.8 Å². The van der Waals surface area contributed by atoms with E-state index in [9.17, 15) is 9.59 Å². The van der Waals surface area contributed by atoms with Crippen LogP contribution in [0, 0.1) is 0 Å². The van der Waals surface area contributed by atoms with Crippen molar-refractivity contribution in [2.75, 3.05) is 21.7 Å². The Balaban J connectivity index is 1.38. The van der Waals surface area contributed by atoms with Gasteiger partial charge in [0.1, 0.15) is 0 Å². The maximum atomic E-state index is 12.1. The zero-order valence-electron chi connectivity index (χ0n) is 15.9. The van der Waals surface area contributed by atoms with Crippen molar-refractivity contribution >= 4 is 40.8 Å². The lowest BCUT2D eigenvalue weighted by Gasteiger charge is -2.09. The van der Waals surface area contributed by atoms with Crippen LogP contribution in [0.15, 0.2) is 89.8 Å². The minimum atomic E-state index is -0.316. The Hall–Kier alpha value is -3.25. The number of thioether (sulfide) groups is 1. The van der Waals surface area contributed by atoms with Crippen molar-refractivity contribution in [2.45, 2.75) is 17.7 Å². The summed E-state index contributed by atoms with van der Waals surface area (Å²) in [6, 6.07) is 26.1. The van der Waals surface area contributed by atoms with Gasteiger partial charge in [0.05, 0.1) is 0 Å². The van der Waals surface area contributed by atoms with Gasteiger partial charge in [0.2, 0.25) is 5.91 Å². The number of anilines is 3. The number of urea groups is 1. The standard InChI is InChI=1S/C23H23N3O2S/c27-22(12-7-17-29-21-10-5-2-6-11-21)24-19-13-15-20(16-14-19)26-23(28)25-18-8-3-1-4-9-18/h1-6,8-11,13-16H,7,12,17H2,(H,24,27)(H2,25,26,28). The number of hydrogen-bond acceptors (Lipinski definition) is 3. The van der Waals surface area contributed by atoms with Gasteiger partial charge in [-0.25, -0.2) is 4.79 Å². The zero-order chi connectivity index (χ0) is 20.3. The lowest BCUT2D eigenvalue weighted by molar-refractivity contribution is -0.116. The van der Waals surface area contributed by atoms with Crippen LogP contribution in [0.5, 0.6) is 0 Å². The minimum Gasteiger partial charge on any atom is -0.326 e. The molecule has 0 saturated heterocycles. The highest BCUT2D eigenvalue weighted by Gasteiger charge is 2.05. The fourth-order valence-corrected chi connectivity index (χ4v) is 3.49. The highest BCUT2D eigenvalue weighted by molar-refractivity contribution is 7.99. The second kappa shape index (κ2) is 10.9. The van der Waals surface area contributed by atoms with Gasteiger partial charge in [-0.1, -0.05) is 36.4 Å². The molecule has 3 rings (SSSR count). The molecule has 3 amide bonds. The molecule has 0 aliphatic heterocycles. The monoisotopic (exact) mass is 405 g/mol. The first-order valence-electron chi connectivity index (χ1n) is 9.40. The maximum absolute atomic E-state index is 12.1. The molecule has 0 spiro atoms. The number of amides is 3. The molecule has 0 aromatic heterocycles. The van der Waals surface area contributed by atoms with E-state index in [4.69, 9.17) is 0 Å². The lowest BCUT2D eigenvalue weighted by Crippen LogP contribution is -2.19. The topological polar surface area (TPSA) is 70.2 Å². The maximum Gasteiger partial charge on any atom is 0.323 e. The molecule has 0 aliphatic rings. The summed E-state index contributed by atoms with van der Waals surface area (Å²) in [7, 11) is 0. The van der Waals surface area contributed by atoms with Crippen molar-refractivity contribution < 1.29 is 9.59 Å². The molecule has 3 aromatic carbocycles. The minimum absolute atomic E-state index is 0.0128. The molecule has 5 nitrogen and oxygen atoms in total. The second-order valence-electron chi connectivity index (χ2n) is 6.34. The van der Waals surface area contributed by atoms with Crippen LogP contribution in [0.25, 0.3) is 0 Å². The molecular weight excluding hydrogens is 382 g/mol. The molecule has 29 heavy (non-hydrogen) atoms. The van der Waals surface area contributed by atoms with Gasteiger partial charge in [-0.2, -0.15) is 0 Å². The third-order valence-electron chi connectivity index (χ3n) is 4.02. The molecule has 3 N–H and O–H groups in total. The van der Waals surface area contributed by atoms with Gasteiger partial charge in [0.25, 0.3) is 0 Å². The zero-order valence-corrected chi connectivity index (χ0v) is 16.7. The van der Waals surface area contributed by atoms with Crippen molar-refractivity contribution in [1.82, 2.24) is 0 Å². The highest BCUT2D eigenvalue weighted by atomic mass is 32.2. The molecule has 0 heterocycles. The van der Waals surface area contributed by atoms with Crippen LogP contribution in [-0.4, -0.2) is 17.7 Å². The van der Waals surface area contributed by atoms with Crippen LogP contribution in [0.1, 0.15) is 12.8 Å². The van der Waals surface area contributed by atoms with Crippen LogP contribution in [-0.2, 0) is 4.79 Å². The Morgan fingerprint density at radius 1 is 0.655 bits per heavy atom. The first-order valence-corrected chi connectivity index (χ1v) is 10.4. The van der Waals surface area contributed by atoms with E-state index < -0.39 is 0 Å². The number of rotatable bonds is 8. The van der Waals surface area contributed by atoms with Crippen molar-refractivity contribution in [3.63, 3.8) is 0 Å². The fourth-order valence-electron chi connectivity index (χ4n) is 2.61. The largest absolute Gasteiger partial charge is 0.326 e. The number of carbonyl (C=O) groups is 2. The number of benzene rings is 3. The number of para-hydroxylation sites is 1. The average molecular weight is 406 g/mol. The molecule has 0 aliphatic carbocycles. The van der Waals surface area contributed by atoms with E-state index in [0.717, 1.165) is 17.9 Å². The Kier molecular flexibility index (Phi) is 7.72. The summed E-state index contributed by atoms with van der Waals surface area (Å²) >= 11 is 1.75. The summed E-state index contributed by atoms with van der Waals surface area (Å²) < 4.78 is 0. The first-order chi connectivity index (χ1) is 14.2. The second-order valence-corrected chi connectivity index (χ2v) is 7.50. The summed E-state index contributed by atoms with van der Waals surface area (Å²) in [5, 5.41) is 8.40. The Labute approximate surface area is 174 Å². The Bertz CT molecular complexity index is 916. The highest BCUT2D eigenvalue weighted by Crippen LogP contribution is 2.19. The third-order valence-corrected chi connectivity index (χ3v) is 5.12. The Morgan fingerprint density at radius 3 is 1.79 bits per heavy atom. The van der Waals surface area contributed by atoms with Crippen LogP contribution in [0.3, 0.4) is 0 Å². The predicted molar refractivity (Wildman–Crippen MR) is 121 cm³/mol. The van der Waals surface area contributed by atoms with E-state index in [1.165, 1.54) is 4.90 Å². The average Bonchev–Trinajstić information content (AvgIpc) is 2.74. The van der Waals surface area contributed by atoms with Crippen molar-refractivity contribution in [3.05, 3.63) is 84.9 Å². The smallest absolute Gasteiger partial charge is 0.323 e. The lowest BCUT2D eigenvalue weighted by atomic mass is 10.2. The van der Waals surface area contributed by atoms with Crippen LogP contribution < -0.4 is 16.0 Å². The summed E-state index contributed by atoms with van der Waals surface area (Å²) in [5.41, 5.74) is 2.08. The molecular formula is C23H23N3O2S. The van der Waals surface area contributed by atoms with E-state index in [2.05, 4.69) is 28.1 Å². The van der Waals surface area contributed by atoms with Gasteiger partial charge in [0.15, 0.2) is 0 Å². The summed E-state index contributed by atoms with van der Waals surface area (Å²) in [6.45, 7) is 0. The molecule has 0 unspecified atom stereocenters. The summed E-state index contributed by atoms with van der Waals surface area (Å²) in [4.78, 5) is 25.3. The van der Waals surface area contributed by atoms with Gasteiger partial charge >= 0.3 is 6.03 Å². The molecule has 0 atom stereocenters. The molecule has 3 aromatic rings. The SMILES string of the molecule is O=C(CCCSc1ccccc1)Nc1ccc(NC(=O)Nc2ccccc2)cc1. The van der Waals surface area contributed by atoms with E-state index >= 15 is 0 Å². The molecule has 148 valence electrons. The Morgan fingerprint density at radius 2 is 1.17 bits per heavy atom. The number of carbonyl (C=O) groups excluding carboxylic acids is 2. The molecule has 0 saturated carbocycles. The van der Waals surface area contributed by atoms with Crippen LogP contribution in [0.2, 0.25) is 0 Å². The van der Waals surface area contributed by atoms with Gasteiger partial charge in [0, 0.05) is 28.4 Å². The molecule has 0 bridgehead atoms. The van der Waals surface area contributed by atoms with Crippen molar-refractivity contribution in [3.8, 4) is 0 Å². The molecule has 6 heteroatoms. The summed E-state index contributed by atoms with van der Waals surface area (Å²) in [5.74, 6) is 0.887. The van der Waals surface area contributed by atoms with Crippen LogP contribution in [0.4, 0.5) is 21.9 Å². The van der Waals surface area contributed by atoms with E-state index in [1.54, 1.807) is 36.0 Å². The van der Waals surface area contributed by atoms with E-state index in [1.807, 2.05) is 48.5 Å². The quantitative estimate of drug-likeness (QED) is 0.326. The fraction of sp³-hybridized carbons (Fsp3) is 0.130. The molecule has 0 radical (unpaired) electrons. The normalized spacial score (nSPS) is 10.2. The number of nitrogens with one attached hydrogen (secondary N) is 3. The molecule has 0 fully saturated rings. The van der Waals surface area contributed by atoms with Crippen molar-refractivity contribution in [1.29, 1.82) is 0 Å². The van der Waals surface area contributed by atoms with Crippen LogP contribution >= 0.6 is 11.8 Å². The first kappa shape index (κ1) is 20.5. The van der Waals surface area contributed by atoms with Gasteiger partial charge < -0.3 is 16.0 Å². The number of hydrogen-bond donors (Lipinski definition) is 3.